The molecule has 6 nitrogen and oxygen atoms in total. The summed E-state index contributed by atoms with van der Waals surface area (Å²) in [6, 6.07) is 5.46. The van der Waals surface area contributed by atoms with E-state index < -0.39 is 5.97 Å². The number of methoxy groups -OCH3 is 3. The Hall–Kier alpha value is -2.80. The van der Waals surface area contributed by atoms with E-state index in [0.29, 0.717) is 34.1 Å². The Morgan fingerprint density at radius 1 is 1.12 bits per heavy atom. The smallest absolute Gasteiger partial charge is 0.368 e. The summed E-state index contributed by atoms with van der Waals surface area (Å²) in [7, 11) is 4.60. The van der Waals surface area contributed by atoms with E-state index in [4.69, 9.17) is 19.0 Å². The van der Waals surface area contributed by atoms with Gasteiger partial charge in [-0.2, -0.15) is 0 Å². The van der Waals surface area contributed by atoms with Crippen LogP contribution in [0.5, 0.6) is 17.2 Å². The number of hydrogen-bond donors (Lipinski definition) is 0. The molecule has 0 amide bonds. The van der Waals surface area contributed by atoms with Gasteiger partial charge in [0.2, 0.25) is 5.75 Å². The van der Waals surface area contributed by atoms with Crippen LogP contribution in [0.25, 0.3) is 6.08 Å². The second-order valence-corrected chi connectivity index (χ2v) is 6.21. The molecule has 2 aromatic rings. The first-order valence-corrected chi connectivity index (χ1v) is 8.33. The number of rotatable bonds is 5. The van der Waals surface area contributed by atoms with E-state index in [9.17, 15) is 4.79 Å². The lowest BCUT2D eigenvalue weighted by atomic mass is 10.0. The fourth-order valence-corrected chi connectivity index (χ4v) is 3.36. The number of nitrogens with zero attached hydrogens (tertiary/aromatic N) is 1. The number of thiophene rings is 1. The summed E-state index contributed by atoms with van der Waals surface area (Å²) in [5, 5.41) is 5.91. The highest BCUT2D eigenvalue weighted by Crippen LogP contribution is 2.39. The van der Waals surface area contributed by atoms with E-state index in [-0.39, 0.29) is 0 Å². The predicted octanol–water partition coefficient (Wildman–Crippen LogP) is 3.43. The van der Waals surface area contributed by atoms with Crippen LogP contribution in [0.4, 0.5) is 0 Å². The standard InChI is InChI=1S/C18H17NO5S/c1-10-5-6-25-15(10)9-12-16(19-24-18(12)20)11-7-13(21-2)17(23-4)14(8-11)22-3/h5-9H,1-4H3/b12-9+. The number of carbonyl (C=O) groups is 1. The molecule has 0 fully saturated rings. The van der Waals surface area contributed by atoms with Crippen molar-refractivity contribution in [3.8, 4) is 17.2 Å². The molecular formula is C18H17NO5S. The first kappa shape index (κ1) is 17.0. The van der Waals surface area contributed by atoms with Gasteiger partial charge in [-0.3, -0.25) is 0 Å². The van der Waals surface area contributed by atoms with E-state index in [1.165, 1.54) is 21.3 Å². The van der Waals surface area contributed by atoms with Gasteiger partial charge in [-0.05, 0) is 42.1 Å². The minimum absolute atomic E-state index is 0.389. The van der Waals surface area contributed by atoms with Crippen LogP contribution in [-0.4, -0.2) is 33.0 Å². The second-order valence-electron chi connectivity index (χ2n) is 5.26. The van der Waals surface area contributed by atoms with Crippen LogP contribution >= 0.6 is 11.3 Å². The molecule has 3 rings (SSSR count). The Bertz CT molecular complexity index is 856. The van der Waals surface area contributed by atoms with Gasteiger partial charge in [-0.25, -0.2) is 4.79 Å². The molecule has 0 saturated heterocycles. The summed E-state index contributed by atoms with van der Waals surface area (Å²) in [5.74, 6) is 0.937. The normalized spacial score (nSPS) is 15.1. The molecule has 0 spiro atoms. The zero-order valence-corrected chi connectivity index (χ0v) is 15.1. The van der Waals surface area contributed by atoms with Gasteiger partial charge in [0, 0.05) is 10.4 Å². The molecule has 1 aromatic carbocycles. The van der Waals surface area contributed by atoms with Crippen molar-refractivity contribution in [3.05, 3.63) is 45.2 Å². The molecule has 0 aliphatic carbocycles. The second kappa shape index (κ2) is 6.98. The van der Waals surface area contributed by atoms with Gasteiger partial charge in [-0.15, -0.1) is 11.3 Å². The van der Waals surface area contributed by atoms with Gasteiger partial charge in [0.05, 0.1) is 26.9 Å². The van der Waals surface area contributed by atoms with Crippen molar-refractivity contribution >= 4 is 29.1 Å². The van der Waals surface area contributed by atoms with Crippen molar-refractivity contribution in [3.63, 3.8) is 0 Å². The molecule has 2 heterocycles. The number of hydrogen-bond acceptors (Lipinski definition) is 7. The summed E-state index contributed by atoms with van der Waals surface area (Å²) in [5.41, 5.74) is 2.54. The van der Waals surface area contributed by atoms with Crippen LogP contribution in [0, 0.1) is 6.92 Å². The molecule has 0 radical (unpaired) electrons. The van der Waals surface area contributed by atoms with Crippen molar-refractivity contribution in [1.82, 2.24) is 0 Å². The third kappa shape index (κ3) is 3.10. The SMILES string of the molecule is COc1cc(C2=NOC(=O)/C2=C/c2sccc2C)cc(OC)c1OC. The van der Waals surface area contributed by atoms with Gasteiger partial charge in [0.25, 0.3) is 0 Å². The maximum absolute atomic E-state index is 12.1. The Morgan fingerprint density at radius 2 is 1.80 bits per heavy atom. The van der Waals surface area contributed by atoms with Crippen LogP contribution in [0.15, 0.2) is 34.3 Å². The minimum atomic E-state index is -0.489. The van der Waals surface area contributed by atoms with Crippen LogP contribution in [0.1, 0.15) is 16.0 Å². The fraction of sp³-hybridized carbons (Fsp3) is 0.222. The molecule has 1 aliphatic heterocycles. The van der Waals surface area contributed by atoms with Crippen molar-refractivity contribution in [1.29, 1.82) is 0 Å². The zero-order chi connectivity index (χ0) is 18.0. The number of benzene rings is 1. The van der Waals surface area contributed by atoms with Crippen molar-refractivity contribution in [2.24, 2.45) is 5.16 Å². The summed E-state index contributed by atoms with van der Waals surface area (Å²) in [6.07, 6.45) is 1.79. The van der Waals surface area contributed by atoms with E-state index in [2.05, 4.69) is 5.16 Å². The van der Waals surface area contributed by atoms with Crippen LogP contribution in [-0.2, 0) is 9.63 Å². The lowest BCUT2D eigenvalue weighted by molar-refractivity contribution is -0.136. The van der Waals surface area contributed by atoms with Gasteiger partial charge in [0.1, 0.15) is 5.71 Å². The highest BCUT2D eigenvalue weighted by atomic mass is 32.1. The molecule has 25 heavy (non-hydrogen) atoms. The summed E-state index contributed by atoms with van der Waals surface area (Å²) in [6.45, 7) is 1.99. The Morgan fingerprint density at radius 3 is 2.32 bits per heavy atom. The monoisotopic (exact) mass is 359 g/mol. The zero-order valence-electron chi connectivity index (χ0n) is 14.3. The topological polar surface area (TPSA) is 66.4 Å². The van der Waals surface area contributed by atoms with Crippen molar-refractivity contribution in [2.75, 3.05) is 21.3 Å². The summed E-state index contributed by atoms with van der Waals surface area (Å²) >= 11 is 1.55. The number of oxime groups is 1. The summed E-state index contributed by atoms with van der Waals surface area (Å²) in [4.78, 5) is 18.0. The van der Waals surface area contributed by atoms with Crippen LogP contribution < -0.4 is 14.2 Å². The molecule has 1 aromatic heterocycles. The first-order chi connectivity index (χ1) is 12.1. The predicted molar refractivity (Wildman–Crippen MR) is 95.8 cm³/mol. The van der Waals surface area contributed by atoms with Crippen molar-refractivity contribution in [2.45, 2.75) is 6.92 Å². The van der Waals surface area contributed by atoms with Crippen molar-refractivity contribution < 1.29 is 23.8 Å². The Balaban J connectivity index is 2.10. The highest BCUT2D eigenvalue weighted by Gasteiger charge is 2.29. The number of aryl methyl sites for hydroxylation is 1. The Kier molecular flexibility index (Phi) is 4.76. The molecule has 0 saturated carbocycles. The first-order valence-electron chi connectivity index (χ1n) is 7.45. The quantitative estimate of drug-likeness (QED) is 0.604. The average Bonchev–Trinajstić information content (AvgIpc) is 3.20. The third-order valence-corrected chi connectivity index (χ3v) is 4.78. The summed E-state index contributed by atoms with van der Waals surface area (Å²) < 4.78 is 16.0. The molecule has 7 heteroatoms. The lowest BCUT2D eigenvalue weighted by Gasteiger charge is -2.13. The lowest BCUT2D eigenvalue weighted by Crippen LogP contribution is -2.08. The van der Waals surface area contributed by atoms with E-state index in [0.717, 1.165) is 10.4 Å². The Labute approximate surface area is 149 Å². The third-order valence-electron chi connectivity index (χ3n) is 3.81. The number of ether oxygens (including phenoxy) is 3. The van der Waals surface area contributed by atoms with E-state index >= 15 is 0 Å². The number of carbonyl (C=O) groups excluding carboxylic acids is 1. The van der Waals surface area contributed by atoms with Gasteiger partial charge < -0.3 is 19.0 Å². The average molecular weight is 359 g/mol. The molecule has 0 unspecified atom stereocenters. The fourth-order valence-electron chi connectivity index (χ4n) is 2.50. The maximum Gasteiger partial charge on any atom is 0.368 e. The van der Waals surface area contributed by atoms with Gasteiger partial charge in [-0.1, -0.05) is 5.16 Å². The molecule has 0 atom stereocenters. The largest absolute Gasteiger partial charge is 0.493 e. The van der Waals surface area contributed by atoms with E-state index in [1.807, 2.05) is 18.4 Å². The van der Waals surface area contributed by atoms with E-state index in [1.54, 1.807) is 29.5 Å². The molecule has 130 valence electrons. The van der Waals surface area contributed by atoms with Crippen LogP contribution in [0.3, 0.4) is 0 Å². The van der Waals surface area contributed by atoms with Gasteiger partial charge >= 0.3 is 5.97 Å². The van der Waals surface area contributed by atoms with Gasteiger partial charge in [0.15, 0.2) is 11.5 Å². The maximum atomic E-state index is 12.1. The molecular weight excluding hydrogens is 342 g/mol. The molecule has 0 bridgehead atoms. The molecule has 1 aliphatic rings. The molecule has 0 N–H and O–H groups in total. The highest BCUT2D eigenvalue weighted by molar-refractivity contribution is 7.11. The van der Waals surface area contributed by atoms with Crippen LogP contribution in [0.2, 0.25) is 0 Å². The minimum Gasteiger partial charge on any atom is -0.493 e.